The molecule has 0 fully saturated rings. The second-order valence-electron chi connectivity index (χ2n) is 4.77. The molecule has 1 aliphatic heterocycles. The van der Waals surface area contributed by atoms with Gasteiger partial charge in [-0.2, -0.15) is 0 Å². The van der Waals surface area contributed by atoms with Crippen LogP contribution in [0.1, 0.15) is 11.1 Å². The Hall–Kier alpha value is -2.05. The Kier molecular flexibility index (Phi) is 4.31. The summed E-state index contributed by atoms with van der Waals surface area (Å²) in [7, 11) is 3.05. The van der Waals surface area contributed by atoms with E-state index in [-0.39, 0.29) is 18.3 Å². The van der Waals surface area contributed by atoms with E-state index in [0.717, 1.165) is 11.0 Å². The topological polar surface area (TPSA) is 57.7 Å². The van der Waals surface area contributed by atoms with Gasteiger partial charge in [-0.1, -0.05) is 17.7 Å². The molecule has 0 aliphatic carbocycles. The van der Waals surface area contributed by atoms with Crippen molar-refractivity contribution in [2.45, 2.75) is 13.0 Å². The minimum atomic E-state index is -0.346. The van der Waals surface area contributed by atoms with E-state index in [2.05, 4.69) is 9.72 Å². The number of hydrogen-bond donors (Lipinski definition) is 0. The SMILES string of the molecule is COC(=O)Cc1cnc(Oc2ccc3c(c2)CO[B]3)c(Cl)c1. The van der Waals surface area contributed by atoms with Crippen molar-refractivity contribution in [1.29, 1.82) is 0 Å². The van der Waals surface area contributed by atoms with Crippen LogP contribution >= 0.6 is 11.6 Å². The zero-order valence-electron chi connectivity index (χ0n) is 11.8. The summed E-state index contributed by atoms with van der Waals surface area (Å²) in [6, 6.07) is 7.27. The van der Waals surface area contributed by atoms with Crippen LogP contribution in [0, 0.1) is 0 Å². The Morgan fingerprint density at radius 2 is 2.32 bits per heavy atom. The van der Waals surface area contributed by atoms with Crippen molar-refractivity contribution >= 4 is 30.5 Å². The third kappa shape index (κ3) is 3.23. The van der Waals surface area contributed by atoms with Crippen molar-refractivity contribution in [1.82, 2.24) is 4.98 Å². The molecule has 0 unspecified atom stereocenters. The second-order valence-corrected chi connectivity index (χ2v) is 5.18. The van der Waals surface area contributed by atoms with Crippen LogP contribution in [0.4, 0.5) is 0 Å². The number of carbonyl (C=O) groups excluding carboxylic acids is 1. The van der Waals surface area contributed by atoms with Gasteiger partial charge in [-0.05, 0) is 34.8 Å². The van der Waals surface area contributed by atoms with Gasteiger partial charge in [-0.15, -0.1) is 0 Å². The molecule has 2 aromatic rings. The number of halogens is 1. The van der Waals surface area contributed by atoms with Crippen molar-refractivity contribution in [2.24, 2.45) is 0 Å². The first kappa shape index (κ1) is 14.9. The quantitative estimate of drug-likeness (QED) is 0.638. The predicted octanol–water partition coefficient (Wildman–Crippen LogP) is 2.02. The zero-order valence-corrected chi connectivity index (χ0v) is 12.6. The monoisotopic (exact) mass is 316 g/mol. The molecule has 111 valence electrons. The molecule has 7 heteroatoms. The molecule has 1 aliphatic rings. The van der Waals surface area contributed by atoms with Crippen LogP contribution in [0.3, 0.4) is 0 Å². The summed E-state index contributed by atoms with van der Waals surface area (Å²) >= 11 is 6.15. The van der Waals surface area contributed by atoms with Crippen LogP contribution in [-0.2, 0) is 27.2 Å². The van der Waals surface area contributed by atoms with Gasteiger partial charge in [0.05, 0.1) is 20.1 Å². The van der Waals surface area contributed by atoms with Crippen LogP contribution in [0.2, 0.25) is 5.02 Å². The van der Waals surface area contributed by atoms with E-state index in [4.69, 9.17) is 21.0 Å². The van der Waals surface area contributed by atoms with Gasteiger partial charge in [0.2, 0.25) is 5.88 Å². The number of methoxy groups -OCH3 is 1. The van der Waals surface area contributed by atoms with Crippen LogP contribution in [-0.4, -0.2) is 25.5 Å². The van der Waals surface area contributed by atoms with Crippen LogP contribution in [0.5, 0.6) is 11.6 Å². The maximum Gasteiger partial charge on any atom is 0.330 e. The van der Waals surface area contributed by atoms with E-state index in [0.29, 0.717) is 22.9 Å². The van der Waals surface area contributed by atoms with Crippen molar-refractivity contribution in [3.63, 3.8) is 0 Å². The predicted molar refractivity (Wildman–Crippen MR) is 81.7 cm³/mol. The molecule has 3 rings (SSSR count). The standard InChI is InChI=1S/C15H12BClNO4/c1-20-14(19)5-9-4-13(17)15(18-7-9)22-11-2-3-12-10(6-11)8-21-16-12/h2-4,6-7H,5,8H2,1H3. The second kappa shape index (κ2) is 6.38. The normalized spacial score (nSPS) is 12.5. The molecule has 1 aromatic heterocycles. The summed E-state index contributed by atoms with van der Waals surface area (Å²) < 4.78 is 15.5. The lowest BCUT2D eigenvalue weighted by Gasteiger charge is -2.09. The number of ether oxygens (including phenoxy) is 2. The van der Waals surface area contributed by atoms with Crippen LogP contribution in [0.15, 0.2) is 30.5 Å². The highest BCUT2D eigenvalue weighted by atomic mass is 35.5. The highest BCUT2D eigenvalue weighted by Crippen LogP contribution is 2.28. The average Bonchev–Trinajstić information content (AvgIpc) is 2.97. The zero-order chi connectivity index (χ0) is 15.5. The number of hydrogen-bond acceptors (Lipinski definition) is 5. The van der Waals surface area contributed by atoms with Crippen LogP contribution < -0.4 is 10.2 Å². The number of esters is 1. The molecule has 0 atom stereocenters. The molecular weight excluding hydrogens is 304 g/mol. The fraction of sp³-hybridized carbons (Fsp3) is 0.200. The van der Waals surface area contributed by atoms with Gasteiger partial charge in [0, 0.05) is 6.20 Å². The molecule has 1 aromatic carbocycles. The summed E-state index contributed by atoms with van der Waals surface area (Å²) in [6.07, 6.45) is 1.66. The van der Waals surface area contributed by atoms with Crippen molar-refractivity contribution in [3.8, 4) is 11.6 Å². The number of fused-ring (bicyclic) bond motifs is 1. The number of pyridine rings is 1. The maximum absolute atomic E-state index is 11.2. The number of carbonyl (C=O) groups is 1. The Morgan fingerprint density at radius 1 is 1.45 bits per heavy atom. The summed E-state index contributed by atoms with van der Waals surface area (Å²) in [6.45, 7) is 0.533. The Labute approximate surface area is 133 Å². The smallest absolute Gasteiger partial charge is 0.330 e. The summed E-state index contributed by atoms with van der Waals surface area (Å²) in [5.74, 6) is 0.576. The summed E-state index contributed by atoms with van der Waals surface area (Å²) in [5.41, 5.74) is 2.76. The van der Waals surface area contributed by atoms with E-state index in [1.807, 2.05) is 18.2 Å². The number of aromatic nitrogens is 1. The highest BCUT2D eigenvalue weighted by molar-refractivity contribution is 6.48. The van der Waals surface area contributed by atoms with Gasteiger partial charge in [-0.3, -0.25) is 4.79 Å². The van der Waals surface area contributed by atoms with Gasteiger partial charge in [0.15, 0.2) is 0 Å². The Bertz CT molecular complexity index is 723. The molecular formula is C15H12BClNO4. The molecule has 1 radical (unpaired) electrons. The molecule has 0 bridgehead atoms. The van der Waals surface area contributed by atoms with Gasteiger partial charge < -0.3 is 14.1 Å². The number of nitrogens with zero attached hydrogens (tertiary/aromatic N) is 1. The van der Waals surface area contributed by atoms with Crippen LogP contribution in [0.25, 0.3) is 0 Å². The molecule has 0 spiro atoms. The highest BCUT2D eigenvalue weighted by Gasteiger charge is 2.15. The number of benzene rings is 1. The first-order valence-corrected chi connectivity index (χ1v) is 7.00. The van der Waals surface area contributed by atoms with Gasteiger partial charge in [0.25, 0.3) is 0 Å². The third-order valence-corrected chi connectivity index (χ3v) is 3.49. The minimum absolute atomic E-state index is 0.121. The van der Waals surface area contributed by atoms with E-state index in [1.54, 1.807) is 19.7 Å². The lowest BCUT2D eigenvalue weighted by molar-refractivity contribution is -0.139. The fourth-order valence-electron chi connectivity index (χ4n) is 2.09. The Balaban J connectivity index is 1.76. The molecule has 22 heavy (non-hydrogen) atoms. The van der Waals surface area contributed by atoms with Gasteiger partial charge in [0.1, 0.15) is 10.8 Å². The molecule has 5 nitrogen and oxygen atoms in total. The van der Waals surface area contributed by atoms with Gasteiger partial charge in [-0.25, -0.2) is 4.98 Å². The largest absolute Gasteiger partial charge is 0.469 e. The first-order chi connectivity index (χ1) is 10.7. The van der Waals surface area contributed by atoms with Crippen molar-refractivity contribution in [2.75, 3.05) is 7.11 Å². The number of rotatable bonds is 4. The van der Waals surface area contributed by atoms with E-state index >= 15 is 0 Å². The molecule has 0 saturated heterocycles. The molecule has 0 N–H and O–H groups in total. The fourth-order valence-corrected chi connectivity index (χ4v) is 2.32. The average molecular weight is 317 g/mol. The first-order valence-electron chi connectivity index (χ1n) is 6.62. The minimum Gasteiger partial charge on any atom is -0.469 e. The lowest BCUT2D eigenvalue weighted by Crippen LogP contribution is -2.10. The molecule has 0 saturated carbocycles. The van der Waals surface area contributed by atoms with E-state index in [9.17, 15) is 4.79 Å². The van der Waals surface area contributed by atoms with E-state index < -0.39 is 0 Å². The van der Waals surface area contributed by atoms with Crippen molar-refractivity contribution in [3.05, 3.63) is 46.6 Å². The summed E-state index contributed by atoms with van der Waals surface area (Å²) in [4.78, 5) is 15.4. The molecule has 0 amide bonds. The van der Waals surface area contributed by atoms with Crippen molar-refractivity contribution < 1.29 is 18.9 Å². The van der Waals surface area contributed by atoms with Gasteiger partial charge >= 0.3 is 13.5 Å². The third-order valence-electron chi connectivity index (χ3n) is 3.22. The maximum atomic E-state index is 11.2. The van der Waals surface area contributed by atoms with E-state index in [1.165, 1.54) is 7.11 Å². The lowest BCUT2D eigenvalue weighted by atomic mass is 9.87. The summed E-state index contributed by atoms with van der Waals surface area (Å²) in [5, 5.41) is 0.338. The Morgan fingerprint density at radius 3 is 3.09 bits per heavy atom. The molecule has 2 heterocycles.